The highest BCUT2D eigenvalue weighted by atomic mass is 32.2. The largest absolute Gasteiger partial charge is 0.465 e. The minimum Gasteiger partial charge on any atom is -0.465 e. The molecule has 0 spiro atoms. The number of halogens is 2. The van der Waals surface area contributed by atoms with Gasteiger partial charge in [0.15, 0.2) is 0 Å². The second-order valence-corrected chi connectivity index (χ2v) is 13.2. The monoisotopic (exact) mass is 617 g/mol. The van der Waals surface area contributed by atoms with E-state index in [0.29, 0.717) is 12.0 Å². The van der Waals surface area contributed by atoms with E-state index < -0.39 is 21.8 Å². The average Bonchev–Trinajstić information content (AvgIpc) is 3.64. The molecule has 1 heterocycles. The predicted octanol–water partition coefficient (Wildman–Crippen LogP) is 6.24. The summed E-state index contributed by atoms with van der Waals surface area (Å²) in [6.45, 7) is 2.35. The lowest BCUT2D eigenvalue weighted by Crippen LogP contribution is -2.38. The van der Waals surface area contributed by atoms with Crippen LogP contribution in [-0.4, -0.2) is 48.7 Å². The maximum absolute atomic E-state index is 14.6. The second kappa shape index (κ2) is 12.1. The van der Waals surface area contributed by atoms with Crippen molar-refractivity contribution in [1.82, 2.24) is 14.1 Å². The van der Waals surface area contributed by atoms with Crippen LogP contribution >= 0.6 is 0 Å². The quantitative estimate of drug-likeness (QED) is 0.164. The predicted molar refractivity (Wildman–Crippen MR) is 162 cm³/mol. The van der Waals surface area contributed by atoms with E-state index in [1.54, 1.807) is 42.5 Å². The number of carbonyl (C=O) groups is 1. The van der Waals surface area contributed by atoms with Gasteiger partial charge >= 0.3 is 5.97 Å². The number of fused-ring (bicyclic) bond motifs is 1. The molecule has 0 bridgehead atoms. The van der Waals surface area contributed by atoms with Crippen LogP contribution in [0, 0.1) is 17.6 Å². The van der Waals surface area contributed by atoms with Gasteiger partial charge < -0.3 is 4.74 Å². The molecule has 0 amide bonds. The highest BCUT2D eigenvalue weighted by molar-refractivity contribution is 7.89. The van der Waals surface area contributed by atoms with Crippen LogP contribution < -0.4 is 0 Å². The summed E-state index contributed by atoms with van der Waals surface area (Å²) in [5.74, 6) is -1.50. The van der Waals surface area contributed by atoms with Crippen LogP contribution in [0.15, 0.2) is 95.0 Å². The maximum Gasteiger partial charge on any atom is 0.339 e. The van der Waals surface area contributed by atoms with Gasteiger partial charge in [0.05, 0.1) is 35.1 Å². The van der Waals surface area contributed by atoms with E-state index in [1.165, 1.54) is 52.9 Å². The molecule has 0 unspecified atom stereocenters. The second-order valence-electron chi connectivity index (χ2n) is 11.3. The fourth-order valence-electron chi connectivity index (χ4n) is 6.69. The summed E-state index contributed by atoms with van der Waals surface area (Å²) >= 11 is 0. The zero-order valence-corrected chi connectivity index (χ0v) is 25.4. The number of carbonyl (C=O) groups excluding carboxylic acids is 1. The van der Waals surface area contributed by atoms with Gasteiger partial charge in [-0.05, 0) is 73.2 Å². The summed E-state index contributed by atoms with van der Waals surface area (Å²) in [5.41, 5.74) is 5.76. The van der Waals surface area contributed by atoms with E-state index >= 15 is 0 Å². The lowest BCUT2D eigenvalue weighted by molar-refractivity contribution is 0.0596. The third kappa shape index (κ3) is 5.48. The van der Waals surface area contributed by atoms with Crippen molar-refractivity contribution >= 4 is 16.0 Å². The summed E-state index contributed by atoms with van der Waals surface area (Å²) in [5, 5.41) is 4.63. The van der Waals surface area contributed by atoms with Crippen molar-refractivity contribution in [2.75, 3.05) is 20.2 Å². The molecule has 10 heteroatoms. The van der Waals surface area contributed by atoms with Gasteiger partial charge in [0.25, 0.3) is 0 Å². The Morgan fingerprint density at radius 1 is 1.05 bits per heavy atom. The number of aromatic nitrogens is 2. The molecule has 0 N–H and O–H groups in total. The van der Waals surface area contributed by atoms with E-state index in [-0.39, 0.29) is 47.6 Å². The highest BCUT2D eigenvalue weighted by Gasteiger charge is 2.39. The molecule has 228 valence electrons. The Balaban J connectivity index is 1.33. The highest BCUT2D eigenvalue weighted by Crippen LogP contribution is 2.47. The van der Waals surface area contributed by atoms with Gasteiger partial charge in [-0.15, -0.1) is 0 Å². The first-order chi connectivity index (χ1) is 21.2. The fourth-order valence-corrected chi connectivity index (χ4v) is 8.35. The summed E-state index contributed by atoms with van der Waals surface area (Å²) < 4.78 is 64.8. The molecule has 7 nitrogen and oxygen atoms in total. The molecule has 2 aliphatic carbocycles. The smallest absolute Gasteiger partial charge is 0.339 e. The molecule has 0 saturated carbocycles. The van der Waals surface area contributed by atoms with E-state index in [1.807, 2.05) is 10.9 Å². The maximum atomic E-state index is 14.6. The molecule has 0 fully saturated rings. The number of hydrogen-bond acceptors (Lipinski definition) is 5. The minimum absolute atomic E-state index is 0.00826. The Hall–Kier alpha value is -4.15. The van der Waals surface area contributed by atoms with Crippen molar-refractivity contribution in [1.29, 1.82) is 0 Å². The topological polar surface area (TPSA) is 81.5 Å². The molecule has 0 saturated heterocycles. The van der Waals surface area contributed by atoms with Crippen LogP contribution in [0.5, 0.6) is 0 Å². The third-order valence-electron chi connectivity index (χ3n) is 8.85. The van der Waals surface area contributed by atoms with Gasteiger partial charge in [0.1, 0.15) is 11.6 Å². The van der Waals surface area contributed by atoms with E-state index in [9.17, 15) is 22.0 Å². The lowest BCUT2D eigenvalue weighted by Gasteiger charge is -2.31. The molecule has 0 radical (unpaired) electrons. The number of ether oxygens (including phenoxy) is 1. The Kier molecular flexibility index (Phi) is 8.22. The lowest BCUT2D eigenvalue weighted by atomic mass is 9.80. The van der Waals surface area contributed by atoms with Gasteiger partial charge in [-0.25, -0.2) is 26.7 Å². The SMILES string of the molecule is COC(=O)c1ccccc1S(=O)(=O)N(CCc1ccccc1F)C[C@H]1CCC2=C1[C@@H](C)c1cnn(-c3ccc(F)cc3)c1C2. The van der Waals surface area contributed by atoms with E-state index in [0.717, 1.165) is 29.8 Å². The zero-order chi connectivity index (χ0) is 31.0. The Labute approximate surface area is 255 Å². The van der Waals surface area contributed by atoms with Gasteiger partial charge in [-0.2, -0.15) is 9.40 Å². The summed E-state index contributed by atoms with van der Waals surface area (Å²) in [6, 6.07) is 18.6. The van der Waals surface area contributed by atoms with Gasteiger partial charge in [-0.3, -0.25) is 0 Å². The third-order valence-corrected chi connectivity index (χ3v) is 10.8. The van der Waals surface area contributed by atoms with Crippen molar-refractivity contribution in [3.63, 3.8) is 0 Å². The van der Waals surface area contributed by atoms with Crippen LogP contribution in [0.1, 0.15) is 52.9 Å². The van der Waals surface area contributed by atoms with Gasteiger partial charge in [-0.1, -0.05) is 48.4 Å². The Morgan fingerprint density at radius 3 is 2.52 bits per heavy atom. The van der Waals surface area contributed by atoms with E-state index in [4.69, 9.17) is 4.74 Å². The number of sulfonamides is 1. The van der Waals surface area contributed by atoms with Crippen LogP contribution in [-0.2, 0) is 27.6 Å². The van der Waals surface area contributed by atoms with Crippen LogP contribution in [0.4, 0.5) is 8.78 Å². The molecule has 44 heavy (non-hydrogen) atoms. The van der Waals surface area contributed by atoms with Crippen LogP contribution in [0.3, 0.4) is 0 Å². The average molecular weight is 618 g/mol. The first-order valence-corrected chi connectivity index (χ1v) is 16.1. The van der Waals surface area contributed by atoms with Crippen molar-refractivity contribution in [3.8, 4) is 5.69 Å². The van der Waals surface area contributed by atoms with Crippen molar-refractivity contribution in [2.24, 2.45) is 5.92 Å². The number of rotatable bonds is 9. The normalized spacial score (nSPS) is 17.9. The molecule has 2 aliphatic rings. The number of benzene rings is 3. The van der Waals surface area contributed by atoms with Crippen LogP contribution in [0.2, 0.25) is 0 Å². The molecule has 4 aromatic rings. The molecular weight excluding hydrogens is 584 g/mol. The summed E-state index contributed by atoms with van der Waals surface area (Å²) in [4.78, 5) is 12.4. The molecular formula is C34H33F2N3O4S. The number of nitrogens with zero attached hydrogens (tertiary/aromatic N) is 3. The molecule has 2 atom stereocenters. The number of allylic oxidation sites excluding steroid dienone is 1. The molecule has 6 rings (SSSR count). The van der Waals surface area contributed by atoms with Crippen LogP contribution in [0.25, 0.3) is 5.69 Å². The number of esters is 1. The molecule has 3 aromatic carbocycles. The number of hydrogen-bond donors (Lipinski definition) is 0. The summed E-state index contributed by atoms with van der Waals surface area (Å²) in [7, 11) is -2.95. The summed E-state index contributed by atoms with van der Waals surface area (Å²) in [6.07, 6.45) is 4.29. The van der Waals surface area contributed by atoms with E-state index in [2.05, 4.69) is 12.0 Å². The Bertz CT molecular complexity index is 1850. The standard InChI is InChI=1S/C34H33F2N3O4S/c1-22-29-20-37-39(27-15-13-26(35)14-16-27)31(29)19-24-11-12-25(33(22)24)21-38(18-17-23-7-3-5-9-30(23)36)44(41,42)32-10-6-4-8-28(32)34(40)43-2/h3-10,13-16,20,22,25H,11-12,17-19,21H2,1-2H3/t22-,25+/m0/s1. The fraction of sp³-hybridized carbons (Fsp3) is 0.294. The van der Waals surface area contributed by atoms with Crippen molar-refractivity contribution < 1.29 is 26.7 Å². The first-order valence-electron chi connectivity index (χ1n) is 14.6. The van der Waals surface area contributed by atoms with Gasteiger partial charge in [0.2, 0.25) is 10.0 Å². The Morgan fingerprint density at radius 2 is 1.77 bits per heavy atom. The molecule has 1 aromatic heterocycles. The zero-order valence-electron chi connectivity index (χ0n) is 24.5. The number of methoxy groups -OCH3 is 1. The minimum atomic E-state index is -4.17. The van der Waals surface area contributed by atoms with Crippen molar-refractivity contribution in [2.45, 2.75) is 43.4 Å². The first kappa shape index (κ1) is 29.9. The van der Waals surface area contributed by atoms with Gasteiger partial charge in [0, 0.05) is 31.0 Å². The van der Waals surface area contributed by atoms with Crippen molar-refractivity contribution in [3.05, 3.63) is 124 Å². The molecule has 0 aliphatic heterocycles.